The Morgan fingerprint density at radius 2 is 1.77 bits per heavy atom. The molecule has 1 N–H and O–H groups in total. The quantitative estimate of drug-likeness (QED) is 0.560. The zero-order valence-corrected chi connectivity index (χ0v) is 18.5. The third-order valence-corrected chi connectivity index (χ3v) is 6.21. The Balaban J connectivity index is 1.81. The number of halogens is 1. The minimum Gasteiger partial charge on any atom is -0.294 e. The molecule has 6 nitrogen and oxygen atoms in total. The minimum atomic E-state index is -3.84. The van der Waals surface area contributed by atoms with E-state index in [1.165, 1.54) is 18.3 Å². The summed E-state index contributed by atoms with van der Waals surface area (Å²) in [6, 6.07) is 13.0. The standard InChI is InChI=1S/C22H22ClN3O3S/c1-22(2,3)16-6-8-17(9-7-16)30(28,29)26-21-11-10-18(23)19(25-21)13-20(27)15-5-4-12-24-14-15/h4-12,14H,13H2,1-3H3,(H,25,26). The van der Waals surface area contributed by atoms with Gasteiger partial charge in [-0.05, 0) is 47.4 Å². The third kappa shape index (κ3) is 5.23. The molecule has 0 saturated carbocycles. The van der Waals surface area contributed by atoms with E-state index in [1.807, 2.05) is 0 Å². The van der Waals surface area contributed by atoms with Gasteiger partial charge in [-0.25, -0.2) is 13.4 Å². The molecule has 3 aromatic rings. The summed E-state index contributed by atoms with van der Waals surface area (Å²) in [5, 5.41) is 0.282. The van der Waals surface area contributed by atoms with Gasteiger partial charge < -0.3 is 0 Å². The van der Waals surface area contributed by atoms with Crippen LogP contribution in [0.25, 0.3) is 0 Å². The van der Waals surface area contributed by atoms with E-state index in [0.29, 0.717) is 5.56 Å². The molecule has 0 atom stereocenters. The van der Waals surface area contributed by atoms with Gasteiger partial charge in [0.05, 0.1) is 22.0 Å². The second-order valence-electron chi connectivity index (χ2n) is 7.85. The summed E-state index contributed by atoms with van der Waals surface area (Å²) in [6.07, 6.45) is 2.97. The van der Waals surface area contributed by atoms with Gasteiger partial charge in [0.15, 0.2) is 5.78 Å². The molecule has 0 fully saturated rings. The predicted octanol–water partition coefficient (Wildman–Crippen LogP) is 4.65. The molecule has 3 rings (SSSR count). The van der Waals surface area contributed by atoms with Crippen molar-refractivity contribution in [3.63, 3.8) is 0 Å². The Bertz CT molecular complexity index is 1160. The molecule has 2 heterocycles. The fraction of sp³-hybridized carbons (Fsp3) is 0.227. The third-order valence-electron chi connectivity index (χ3n) is 4.50. The van der Waals surface area contributed by atoms with E-state index in [9.17, 15) is 13.2 Å². The van der Waals surface area contributed by atoms with Crippen molar-refractivity contribution >= 4 is 33.2 Å². The molecule has 8 heteroatoms. The second-order valence-corrected chi connectivity index (χ2v) is 9.94. The summed E-state index contributed by atoms with van der Waals surface area (Å²) < 4.78 is 27.9. The minimum absolute atomic E-state index is 0.0691. The summed E-state index contributed by atoms with van der Waals surface area (Å²) >= 11 is 6.17. The number of sulfonamides is 1. The monoisotopic (exact) mass is 443 g/mol. The molecule has 0 spiro atoms. The lowest BCUT2D eigenvalue weighted by Gasteiger charge is -2.19. The number of hydrogen-bond acceptors (Lipinski definition) is 5. The molecule has 156 valence electrons. The number of nitrogens with one attached hydrogen (secondary N) is 1. The summed E-state index contributed by atoms with van der Waals surface area (Å²) in [7, 11) is -3.84. The van der Waals surface area contributed by atoms with E-state index in [-0.39, 0.29) is 39.0 Å². The molecule has 0 aliphatic carbocycles. The highest BCUT2D eigenvalue weighted by atomic mass is 35.5. The van der Waals surface area contributed by atoms with Gasteiger partial charge in [0, 0.05) is 18.0 Å². The van der Waals surface area contributed by atoms with Crippen molar-refractivity contribution in [2.24, 2.45) is 0 Å². The Morgan fingerprint density at radius 1 is 1.07 bits per heavy atom. The van der Waals surface area contributed by atoms with Crippen molar-refractivity contribution in [1.29, 1.82) is 0 Å². The van der Waals surface area contributed by atoms with Gasteiger partial charge in [0.25, 0.3) is 10.0 Å². The topological polar surface area (TPSA) is 89.0 Å². The smallest absolute Gasteiger partial charge is 0.263 e. The van der Waals surface area contributed by atoms with Gasteiger partial charge >= 0.3 is 0 Å². The van der Waals surface area contributed by atoms with Crippen molar-refractivity contribution in [3.8, 4) is 0 Å². The maximum atomic E-state index is 12.7. The molecule has 30 heavy (non-hydrogen) atoms. The van der Waals surface area contributed by atoms with Crippen LogP contribution in [0.5, 0.6) is 0 Å². The van der Waals surface area contributed by atoms with Crippen LogP contribution >= 0.6 is 11.6 Å². The second kappa shape index (κ2) is 8.53. The molecule has 0 saturated heterocycles. The maximum Gasteiger partial charge on any atom is 0.263 e. The molecule has 2 aromatic heterocycles. The number of ketones is 1. The van der Waals surface area contributed by atoms with Crippen LogP contribution in [-0.4, -0.2) is 24.2 Å². The van der Waals surface area contributed by atoms with Crippen LogP contribution < -0.4 is 4.72 Å². The molecule has 0 unspecified atom stereocenters. The summed E-state index contributed by atoms with van der Waals surface area (Å²) in [6.45, 7) is 6.17. The number of nitrogens with zero attached hydrogens (tertiary/aromatic N) is 2. The largest absolute Gasteiger partial charge is 0.294 e. The average Bonchev–Trinajstić information content (AvgIpc) is 2.70. The normalized spacial score (nSPS) is 11.9. The summed E-state index contributed by atoms with van der Waals surface area (Å²) in [5.41, 5.74) is 1.67. The van der Waals surface area contributed by atoms with E-state index in [2.05, 4.69) is 35.5 Å². The van der Waals surface area contributed by atoms with Crippen molar-refractivity contribution < 1.29 is 13.2 Å². The number of benzene rings is 1. The molecular weight excluding hydrogens is 422 g/mol. The highest BCUT2D eigenvalue weighted by molar-refractivity contribution is 7.92. The zero-order valence-electron chi connectivity index (χ0n) is 16.9. The molecule has 0 radical (unpaired) electrons. The van der Waals surface area contributed by atoms with Crippen LogP contribution in [0.1, 0.15) is 42.4 Å². The summed E-state index contributed by atoms with van der Waals surface area (Å²) in [5.74, 6) is -0.122. The first-order valence-electron chi connectivity index (χ1n) is 9.28. The number of rotatable bonds is 6. The van der Waals surface area contributed by atoms with Crippen LogP contribution in [0.3, 0.4) is 0 Å². The van der Waals surface area contributed by atoms with E-state index in [1.54, 1.807) is 42.6 Å². The number of Topliss-reactive ketones (excluding diaryl/α,β-unsaturated/α-hetero) is 1. The molecule has 0 bridgehead atoms. The van der Waals surface area contributed by atoms with Gasteiger partial charge in [-0.15, -0.1) is 0 Å². The van der Waals surface area contributed by atoms with Crippen LogP contribution in [0.4, 0.5) is 5.82 Å². The van der Waals surface area contributed by atoms with Gasteiger partial charge in [0.1, 0.15) is 5.82 Å². The lowest BCUT2D eigenvalue weighted by Crippen LogP contribution is -2.16. The van der Waals surface area contributed by atoms with Crippen molar-refractivity contribution in [3.05, 3.63) is 82.8 Å². The first kappa shape index (κ1) is 21.9. The number of anilines is 1. The van der Waals surface area contributed by atoms with Crippen LogP contribution in [0.2, 0.25) is 5.02 Å². The van der Waals surface area contributed by atoms with E-state index >= 15 is 0 Å². The van der Waals surface area contributed by atoms with Crippen molar-refractivity contribution in [2.75, 3.05) is 4.72 Å². The number of pyridine rings is 2. The van der Waals surface area contributed by atoms with Gasteiger partial charge in [-0.1, -0.05) is 44.5 Å². The molecule has 0 aliphatic heterocycles. The van der Waals surface area contributed by atoms with Crippen LogP contribution in [-0.2, 0) is 21.9 Å². The Kier molecular flexibility index (Phi) is 6.24. The Morgan fingerprint density at radius 3 is 2.37 bits per heavy atom. The molecule has 0 amide bonds. The summed E-state index contributed by atoms with van der Waals surface area (Å²) in [4.78, 5) is 20.7. The first-order valence-corrected chi connectivity index (χ1v) is 11.1. The van der Waals surface area contributed by atoms with Gasteiger partial charge in [-0.2, -0.15) is 0 Å². The number of carbonyl (C=O) groups is 1. The Labute approximate surface area is 181 Å². The highest BCUT2D eigenvalue weighted by Gasteiger charge is 2.19. The lowest BCUT2D eigenvalue weighted by molar-refractivity contribution is 0.0991. The van der Waals surface area contributed by atoms with Crippen molar-refractivity contribution in [2.45, 2.75) is 37.5 Å². The van der Waals surface area contributed by atoms with E-state index in [0.717, 1.165) is 5.56 Å². The highest BCUT2D eigenvalue weighted by Crippen LogP contribution is 2.25. The average molecular weight is 444 g/mol. The van der Waals surface area contributed by atoms with E-state index in [4.69, 9.17) is 11.6 Å². The zero-order chi connectivity index (χ0) is 21.9. The maximum absolute atomic E-state index is 12.7. The lowest BCUT2D eigenvalue weighted by atomic mass is 9.87. The predicted molar refractivity (Wildman–Crippen MR) is 117 cm³/mol. The fourth-order valence-electron chi connectivity index (χ4n) is 2.78. The number of carbonyl (C=O) groups excluding carboxylic acids is 1. The number of hydrogen-bond donors (Lipinski definition) is 1. The Hall–Kier alpha value is -2.77. The van der Waals surface area contributed by atoms with Crippen molar-refractivity contribution in [1.82, 2.24) is 9.97 Å². The first-order chi connectivity index (χ1) is 14.1. The SMILES string of the molecule is CC(C)(C)c1ccc(S(=O)(=O)Nc2ccc(Cl)c(CC(=O)c3cccnc3)n2)cc1. The molecule has 0 aliphatic rings. The van der Waals surface area contributed by atoms with Gasteiger partial charge in [0.2, 0.25) is 0 Å². The van der Waals surface area contributed by atoms with E-state index < -0.39 is 10.0 Å². The van der Waals surface area contributed by atoms with Crippen LogP contribution in [0.15, 0.2) is 65.8 Å². The molecular formula is C22H22ClN3O3S. The van der Waals surface area contributed by atoms with Gasteiger partial charge in [-0.3, -0.25) is 14.5 Å². The fourth-order valence-corrected chi connectivity index (χ4v) is 3.95. The molecule has 1 aromatic carbocycles. The number of aromatic nitrogens is 2. The van der Waals surface area contributed by atoms with Crippen LogP contribution in [0, 0.1) is 0 Å².